The molecule has 0 saturated heterocycles. The van der Waals surface area contributed by atoms with Crippen molar-refractivity contribution in [2.45, 2.75) is 25.8 Å². The second-order valence-electron chi connectivity index (χ2n) is 3.42. The Morgan fingerprint density at radius 2 is 2.53 bits per heavy atom. The molecular formula is C9H12N4OS. The molecule has 80 valence electrons. The zero-order valence-electron chi connectivity index (χ0n) is 8.38. The number of tetrazole rings is 1. The Morgan fingerprint density at radius 1 is 1.67 bits per heavy atom. The van der Waals surface area contributed by atoms with Gasteiger partial charge < -0.3 is 4.42 Å². The first kappa shape index (κ1) is 10.1. The van der Waals surface area contributed by atoms with Crippen LogP contribution in [-0.2, 0) is 6.42 Å². The average Bonchev–Trinajstić information content (AvgIpc) is 2.84. The molecule has 5 nitrogen and oxygen atoms in total. The van der Waals surface area contributed by atoms with Crippen LogP contribution in [0.5, 0.6) is 0 Å². The van der Waals surface area contributed by atoms with Crippen LogP contribution < -0.4 is 0 Å². The minimum absolute atomic E-state index is 0.248. The fraction of sp³-hybridized carbons (Fsp3) is 0.444. The fourth-order valence-electron chi connectivity index (χ4n) is 1.43. The summed E-state index contributed by atoms with van der Waals surface area (Å²) in [6, 6.07) is 4.11. The zero-order valence-corrected chi connectivity index (χ0v) is 9.20. The number of aryl methyl sites for hydroxylation is 1. The Morgan fingerprint density at radius 3 is 3.13 bits per heavy atom. The Kier molecular flexibility index (Phi) is 2.96. The van der Waals surface area contributed by atoms with Gasteiger partial charge in [0.15, 0.2) is 0 Å². The number of nitrogens with one attached hydrogen (secondary N) is 1. The Hall–Kier alpha value is -1.43. The van der Waals surface area contributed by atoms with Crippen molar-refractivity contribution in [2.24, 2.45) is 0 Å². The van der Waals surface area contributed by atoms with E-state index in [9.17, 15) is 0 Å². The van der Waals surface area contributed by atoms with Crippen LogP contribution in [0.25, 0.3) is 0 Å². The van der Waals surface area contributed by atoms with Gasteiger partial charge in [0.05, 0.1) is 12.3 Å². The van der Waals surface area contributed by atoms with E-state index in [0.29, 0.717) is 4.77 Å². The second kappa shape index (κ2) is 4.39. The molecule has 0 fully saturated rings. The van der Waals surface area contributed by atoms with Gasteiger partial charge in [-0.05, 0) is 37.7 Å². The lowest BCUT2D eigenvalue weighted by Gasteiger charge is -2.09. The van der Waals surface area contributed by atoms with Gasteiger partial charge in [0.2, 0.25) is 4.77 Å². The van der Waals surface area contributed by atoms with E-state index in [1.54, 1.807) is 10.9 Å². The molecule has 15 heavy (non-hydrogen) atoms. The summed E-state index contributed by atoms with van der Waals surface area (Å²) >= 11 is 5.01. The Balaban J connectivity index is 1.96. The highest BCUT2D eigenvalue weighted by atomic mass is 32.1. The van der Waals surface area contributed by atoms with E-state index < -0.39 is 0 Å². The third-order valence-corrected chi connectivity index (χ3v) is 2.60. The lowest BCUT2D eigenvalue weighted by atomic mass is 10.1. The molecule has 0 aliphatic carbocycles. The van der Waals surface area contributed by atoms with Gasteiger partial charge in [0, 0.05) is 6.42 Å². The predicted molar refractivity (Wildman–Crippen MR) is 56.9 cm³/mol. The van der Waals surface area contributed by atoms with Crippen LogP contribution >= 0.6 is 12.2 Å². The molecule has 0 aromatic carbocycles. The largest absolute Gasteiger partial charge is 0.469 e. The molecular weight excluding hydrogens is 212 g/mol. The van der Waals surface area contributed by atoms with Crippen LogP contribution in [0.1, 0.15) is 25.1 Å². The van der Waals surface area contributed by atoms with Crippen molar-refractivity contribution in [3.8, 4) is 0 Å². The molecule has 1 unspecified atom stereocenters. The normalized spacial score (nSPS) is 12.9. The number of furan rings is 1. The molecule has 1 atom stereocenters. The van der Waals surface area contributed by atoms with E-state index >= 15 is 0 Å². The Labute approximate surface area is 92.1 Å². The number of hydrogen-bond donors (Lipinski definition) is 1. The number of rotatable bonds is 4. The van der Waals surface area contributed by atoms with Gasteiger partial charge in [-0.1, -0.05) is 10.3 Å². The maximum Gasteiger partial charge on any atom is 0.238 e. The summed E-state index contributed by atoms with van der Waals surface area (Å²) in [5.74, 6) is 0.987. The summed E-state index contributed by atoms with van der Waals surface area (Å²) in [6.07, 6.45) is 3.50. The minimum Gasteiger partial charge on any atom is -0.469 e. The van der Waals surface area contributed by atoms with Gasteiger partial charge in [0.25, 0.3) is 0 Å². The third kappa shape index (κ3) is 2.33. The van der Waals surface area contributed by atoms with Gasteiger partial charge in [-0.2, -0.15) is 5.21 Å². The van der Waals surface area contributed by atoms with E-state index in [0.717, 1.165) is 18.6 Å². The maximum atomic E-state index is 5.25. The van der Waals surface area contributed by atoms with E-state index in [1.807, 2.05) is 12.1 Å². The molecule has 1 N–H and O–H groups in total. The number of H-pyrrole nitrogens is 1. The number of aromatic amines is 1. The molecule has 2 aromatic rings. The van der Waals surface area contributed by atoms with E-state index in [4.69, 9.17) is 16.6 Å². The van der Waals surface area contributed by atoms with Crippen LogP contribution in [0.4, 0.5) is 0 Å². The second-order valence-corrected chi connectivity index (χ2v) is 3.78. The highest BCUT2D eigenvalue weighted by Gasteiger charge is 2.07. The van der Waals surface area contributed by atoms with Crippen LogP contribution in [0.2, 0.25) is 0 Å². The van der Waals surface area contributed by atoms with Crippen molar-refractivity contribution in [1.82, 2.24) is 20.2 Å². The number of nitrogens with zero attached hydrogens (tertiary/aromatic N) is 3. The Bertz CT molecular complexity index is 458. The molecule has 0 spiro atoms. The monoisotopic (exact) mass is 224 g/mol. The summed E-state index contributed by atoms with van der Waals surface area (Å²) in [6.45, 7) is 2.07. The molecule has 0 saturated carbocycles. The predicted octanol–water partition coefficient (Wildman–Crippen LogP) is 2.12. The first-order valence-electron chi connectivity index (χ1n) is 4.79. The summed E-state index contributed by atoms with van der Waals surface area (Å²) in [7, 11) is 0. The van der Waals surface area contributed by atoms with Crippen molar-refractivity contribution < 1.29 is 4.42 Å². The van der Waals surface area contributed by atoms with Crippen molar-refractivity contribution in [3.63, 3.8) is 0 Å². The number of hydrogen-bond acceptors (Lipinski definition) is 4. The number of aromatic nitrogens is 4. The molecule has 0 aliphatic rings. The summed E-state index contributed by atoms with van der Waals surface area (Å²) in [5, 5.41) is 10.1. The SMILES string of the molecule is CC(CCc1ccco1)n1[nH]nnc1=S. The summed E-state index contributed by atoms with van der Waals surface area (Å²) in [4.78, 5) is 0. The highest BCUT2D eigenvalue weighted by molar-refractivity contribution is 7.71. The standard InChI is InChI=1S/C9H12N4OS/c1-7(13-9(15)10-11-12-13)4-5-8-3-2-6-14-8/h2-3,6-7H,4-5H2,1H3,(H,10,12,15). The molecule has 0 bridgehead atoms. The third-order valence-electron chi connectivity index (χ3n) is 2.32. The topological polar surface area (TPSA) is 59.6 Å². The zero-order chi connectivity index (χ0) is 10.7. The summed E-state index contributed by atoms with van der Waals surface area (Å²) < 4.78 is 7.52. The van der Waals surface area contributed by atoms with Gasteiger partial charge in [-0.3, -0.25) is 0 Å². The van der Waals surface area contributed by atoms with Gasteiger partial charge in [-0.25, -0.2) is 4.68 Å². The van der Waals surface area contributed by atoms with Crippen molar-refractivity contribution in [1.29, 1.82) is 0 Å². The van der Waals surface area contributed by atoms with Crippen LogP contribution in [0, 0.1) is 4.77 Å². The van der Waals surface area contributed by atoms with Crippen LogP contribution in [0.3, 0.4) is 0 Å². The lowest BCUT2D eigenvalue weighted by Crippen LogP contribution is -2.08. The van der Waals surface area contributed by atoms with Crippen molar-refractivity contribution in [3.05, 3.63) is 28.9 Å². The smallest absolute Gasteiger partial charge is 0.238 e. The molecule has 2 rings (SSSR count). The molecule has 6 heteroatoms. The molecule has 0 radical (unpaired) electrons. The fourth-order valence-corrected chi connectivity index (χ4v) is 1.69. The summed E-state index contributed by atoms with van der Waals surface area (Å²) in [5.41, 5.74) is 0. The molecule has 2 heterocycles. The highest BCUT2D eigenvalue weighted by Crippen LogP contribution is 2.13. The van der Waals surface area contributed by atoms with Crippen molar-refractivity contribution >= 4 is 12.2 Å². The van der Waals surface area contributed by atoms with E-state index in [2.05, 4.69) is 22.4 Å². The minimum atomic E-state index is 0.248. The van der Waals surface area contributed by atoms with E-state index in [1.165, 1.54) is 0 Å². The quantitative estimate of drug-likeness (QED) is 0.808. The van der Waals surface area contributed by atoms with Gasteiger partial charge >= 0.3 is 0 Å². The van der Waals surface area contributed by atoms with Gasteiger partial charge in [0.1, 0.15) is 5.76 Å². The van der Waals surface area contributed by atoms with Crippen molar-refractivity contribution in [2.75, 3.05) is 0 Å². The average molecular weight is 224 g/mol. The molecule has 0 amide bonds. The van der Waals surface area contributed by atoms with Gasteiger partial charge in [-0.15, -0.1) is 0 Å². The maximum absolute atomic E-state index is 5.25. The first-order valence-corrected chi connectivity index (χ1v) is 5.20. The lowest BCUT2D eigenvalue weighted by molar-refractivity contribution is 0.417. The first-order chi connectivity index (χ1) is 7.27. The van der Waals surface area contributed by atoms with Crippen LogP contribution in [-0.4, -0.2) is 20.2 Å². The van der Waals surface area contributed by atoms with E-state index in [-0.39, 0.29) is 6.04 Å². The molecule has 2 aromatic heterocycles. The molecule has 0 aliphatic heterocycles. The van der Waals surface area contributed by atoms with Crippen LogP contribution in [0.15, 0.2) is 22.8 Å².